The number of carbonyl (C=O) groups is 3. The zero-order valence-corrected chi connectivity index (χ0v) is 49.8. The molecule has 0 fully saturated rings. The van der Waals surface area contributed by atoms with Gasteiger partial charge in [0.05, 0.1) is 0 Å². The minimum absolute atomic E-state index is 0.0816. The topological polar surface area (TPSA) is 78.9 Å². The van der Waals surface area contributed by atoms with Crippen molar-refractivity contribution in [3.63, 3.8) is 0 Å². The van der Waals surface area contributed by atoms with Crippen molar-refractivity contribution in [2.45, 2.75) is 335 Å². The van der Waals surface area contributed by atoms with Gasteiger partial charge in [-0.2, -0.15) is 0 Å². The van der Waals surface area contributed by atoms with E-state index in [9.17, 15) is 14.4 Å². The van der Waals surface area contributed by atoms with Crippen LogP contribution in [0.15, 0.2) is 72.9 Å². The molecule has 6 heteroatoms. The Hall–Kier alpha value is -3.15. The van der Waals surface area contributed by atoms with Gasteiger partial charge in [0.1, 0.15) is 13.2 Å². The monoisotopic (exact) mass is 1050 g/mol. The highest BCUT2D eigenvalue weighted by molar-refractivity contribution is 5.71. The van der Waals surface area contributed by atoms with Gasteiger partial charge in [-0.15, -0.1) is 0 Å². The molecule has 6 nitrogen and oxygen atoms in total. The molecule has 0 aromatic heterocycles. The molecule has 434 valence electrons. The molecule has 0 aliphatic heterocycles. The molecular formula is C69H122O6. The SMILES string of the molecule is CCCC/C=C\C/C=C\CCCCCCCC(=O)OC(COC(=O)CCCCCCC/C=C\CCCCC)COC(=O)CCCCCCCCCCCCCCCCCC/C=C\C/C=C\C/C=C\CCCCCCC. The van der Waals surface area contributed by atoms with E-state index in [1.165, 1.54) is 186 Å². The Morgan fingerprint density at radius 1 is 0.267 bits per heavy atom. The zero-order chi connectivity index (χ0) is 54.3. The average molecular weight is 1050 g/mol. The Morgan fingerprint density at radius 3 is 0.827 bits per heavy atom. The summed E-state index contributed by atoms with van der Waals surface area (Å²) in [5.74, 6) is -0.893. The zero-order valence-electron chi connectivity index (χ0n) is 49.8. The van der Waals surface area contributed by atoms with Gasteiger partial charge in [0.15, 0.2) is 6.10 Å². The maximum absolute atomic E-state index is 12.9. The molecular weight excluding hydrogens is 925 g/mol. The molecule has 0 rings (SSSR count). The van der Waals surface area contributed by atoms with Crippen molar-refractivity contribution in [3.05, 3.63) is 72.9 Å². The Labute approximate surface area is 465 Å². The highest BCUT2D eigenvalue weighted by atomic mass is 16.6. The first kappa shape index (κ1) is 71.8. The summed E-state index contributed by atoms with van der Waals surface area (Å²) in [5.41, 5.74) is 0. The number of carbonyl (C=O) groups excluding carboxylic acids is 3. The van der Waals surface area contributed by atoms with E-state index in [2.05, 4.69) is 93.7 Å². The molecule has 0 aromatic rings. The van der Waals surface area contributed by atoms with Crippen LogP contribution in [0.1, 0.15) is 329 Å². The first-order valence-corrected chi connectivity index (χ1v) is 32.4. The van der Waals surface area contributed by atoms with Gasteiger partial charge in [-0.1, -0.05) is 273 Å². The van der Waals surface area contributed by atoms with Crippen molar-refractivity contribution in [3.8, 4) is 0 Å². The smallest absolute Gasteiger partial charge is 0.306 e. The van der Waals surface area contributed by atoms with Crippen LogP contribution in [-0.2, 0) is 28.6 Å². The van der Waals surface area contributed by atoms with E-state index in [1.807, 2.05) is 0 Å². The second-order valence-corrected chi connectivity index (χ2v) is 21.7. The van der Waals surface area contributed by atoms with Crippen LogP contribution in [0.5, 0.6) is 0 Å². The maximum atomic E-state index is 12.9. The van der Waals surface area contributed by atoms with Gasteiger partial charge < -0.3 is 14.2 Å². The van der Waals surface area contributed by atoms with Crippen LogP contribution < -0.4 is 0 Å². The normalized spacial score (nSPS) is 12.5. The third kappa shape index (κ3) is 61.6. The summed E-state index contributed by atoms with van der Waals surface area (Å²) < 4.78 is 16.9. The van der Waals surface area contributed by atoms with Crippen LogP contribution in [0, 0.1) is 0 Å². The molecule has 0 saturated heterocycles. The molecule has 0 N–H and O–H groups in total. The molecule has 0 radical (unpaired) electrons. The van der Waals surface area contributed by atoms with Gasteiger partial charge >= 0.3 is 17.9 Å². The molecule has 0 aromatic carbocycles. The summed E-state index contributed by atoms with van der Waals surface area (Å²) in [4.78, 5) is 38.2. The number of ether oxygens (including phenoxy) is 3. The molecule has 1 atom stereocenters. The number of rotatable bonds is 59. The van der Waals surface area contributed by atoms with E-state index >= 15 is 0 Å². The van der Waals surface area contributed by atoms with Gasteiger partial charge in [-0.3, -0.25) is 14.4 Å². The van der Waals surface area contributed by atoms with Crippen LogP contribution in [0.3, 0.4) is 0 Å². The van der Waals surface area contributed by atoms with Crippen LogP contribution in [0.2, 0.25) is 0 Å². The maximum Gasteiger partial charge on any atom is 0.306 e. The molecule has 0 aliphatic rings. The molecule has 75 heavy (non-hydrogen) atoms. The van der Waals surface area contributed by atoms with Crippen molar-refractivity contribution in [2.24, 2.45) is 0 Å². The van der Waals surface area contributed by atoms with Gasteiger partial charge in [-0.05, 0) is 109 Å². The van der Waals surface area contributed by atoms with Crippen LogP contribution in [-0.4, -0.2) is 37.2 Å². The first-order chi connectivity index (χ1) is 37.0. The van der Waals surface area contributed by atoms with E-state index in [-0.39, 0.29) is 31.1 Å². The number of unbranched alkanes of at least 4 members (excludes halogenated alkanes) is 36. The number of allylic oxidation sites excluding steroid dienone is 12. The van der Waals surface area contributed by atoms with Crippen LogP contribution >= 0.6 is 0 Å². The quantitative estimate of drug-likeness (QED) is 0.0261. The minimum Gasteiger partial charge on any atom is -0.462 e. The minimum atomic E-state index is -0.785. The van der Waals surface area contributed by atoms with E-state index in [0.29, 0.717) is 19.3 Å². The van der Waals surface area contributed by atoms with E-state index in [0.717, 1.165) is 103 Å². The summed E-state index contributed by atoms with van der Waals surface area (Å²) in [6.07, 6.45) is 82.1. The standard InChI is InChI=1S/C69H122O6/c1-4-7-10-13-16-19-22-25-27-28-29-30-31-32-33-34-35-36-37-38-39-40-41-42-43-45-47-50-53-56-59-62-68(71)74-65-66(64-73-67(70)61-58-55-52-49-46-24-21-18-15-12-9-6-3)75-69(72)63-60-57-54-51-48-44-26-23-20-17-14-11-8-5-2/h14,17-18,21-23,25-26,28-29,31-32,66H,4-13,15-16,19-20,24,27,30,33-65H2,1-3H3/b17-14-,21-18-,25-22-,26-23-,29-28-,32-31-. The van der Waals surface area contributed by atoms with Gasteiger partial charge in [-0.25, -0.2) is 0 Å². The second kappa shape index (κ2) is 63.4. The number of esters is 3. The lowest BCUT2D eigenvalue weighted by atomic mass is 10.0. The summed E-state index contributed by atoms with van der Waals surface area (Å²) in [6, 6.07) is 0. The third-order valence-electron chi connectivity index (χ3n) is 14.2. The lowest BCUT2D eigenvalue weighted by Gasteiger charge is -2.18. The number of hydrogen-bond donors (Lipinski definition) is 0. The summed E-state index contributed by atoms with van der Waals surface area (Å²) >= 11 is 0. The predicted molar refractivity (Wildman–Crippen MR) is 325 cm³/mol. The lowest BCUT2D eigenvalue weighted by Crippen LogP contribution is -2.30. The molecule has 0 aliphatic carbocycles. The molecule has 0 heterocycles. The Kier molecular flexibility index (Phi) is 60.7. The van der Waals surface area contributed by atoms with Crippen molar-refractivity contribution in [1.29, 1.82) is 0 Å². The van der Waals surface area contributed by atoms with Crippen molar-refractivity contribution in [2.75, 3.05) is 13.2 Å². The van der Waals surface area contributed by atoms with Crippen LogP contribution in [0.25, 0.3) is 0 Å². The molecule has 0 bridgehead atoms. The van der Waals surface area contributed by atoms with E-state index in [4.69, 9.17) is 14.2 Å². The fraction of sp³-hybridized carbons (Fsp3) is 0.783. The van der Waals surface area contributed by atoms with Gasteiger partial charge in [0.25, 0.3) is 0 Å². The van der Waals surface area contributed by atoms with Crippen molar-refractivity contribution in [1.82, 2.24) is 0 Å². The second-order valence-electron chi connectivity index (χ2n) is 21.7. The largest absolute Gasteiger partial charge is 0.462 e. The summed E-state index contributed by atoms with van der Waals surface area (Å²) in [7, 11) is 0. The Morgan fingerprint density at radius 2 is 0.493 bits per heavy atom. The van der Waals surface area contributed by atoms with E-state index < -0.39 is 6.10 Å². The molecule has 0 saturated carbocycles. The Bertz CT molecular complexity index is 1390. The lowest BCUT2D eigenvalue weighted by molar-refractivity contribution is -0.167. The summed E-state index contributed by atoms with van der Waals surface area (Å²) in [6.45, 7) is 6.57. The molecule has 0 amide bonds. The average Bonchev–Trinajstić information content (AvgIpc) is 3.41. The number of hydrogen-bond acceptors (Lipinski definition) is 6. The van der Waals surface area contributed by atoms with Crippen LogP contribution in [0.4, 0.5) is 0 Å². The fourth-order valence-electron chi connectivity index (χ4n) is 9.23. The fourth-order valence-corrected chi connectivity index (χ4v) is 9.23. The van der Waals surface area contributed by atoms with Gasteiger partial charge in [0.2, 0.25) is 0 Å². The van der Waals surface area contributed by atoms with Crippen molar-refractivity contribution >= 4 is 17.9 Å². The summed E-state index contributed by atoms with van der Waals surface area (Å²) in [5, 5.41) is 0. The molecule has 0 spiro atoms. The third-order valence-corrected chi connectivity index (χ3v) is 14.2. The van der Waals surface area contributed by atoms with E-state index in [1.54, 1.807) is 0 Å². The molecule has 1 unspecified atom stereocenters. The predicted octanol–water partition coefficient (Wildman–Crippen LogP) is 22.1. The van der Waals surface area contributed by atoms with Gasteiger partial charge in [0, 0.05) is 19.3 Å². The highest BCUT2D eigenvalue weighted by Gasteiger charge is 2.19. The first-order valence-electron chi connectivity index (χ1n) is 32.4. The Balaban J connectivity index is 4.15. The highest BCUT2D eigenvalue weighted by Crippen LogP contribution is 2.17. The van der Waals surface area contributed by atoms with Crippen molar-refractivity contribution < 1.29 is 28.6 Å².